The molecule has 2 atom stereocenters. The molecule has 4 aromatic rings. The Morgan fingerprint density at radius 1 is 1.31 bits per heavy atom. The number of thiophene rings is 1. The van der Waals surface area contributed by atoms with Gasteiger partial charge in [-0.25, -0.2) is 18.7 Å². The molecule has 0 aliphatic heterocycles. The summed E-state index contributed by atoms with van der Waals surface area (Å²) in [6, 6.07) is 3.82. The maximum absolute atomic E-state index is 13.9. The van der Waals surface area contributed by atoms with E-state index in [-0.39, 0.29) is 29.8 Å². The molecule has 1 aromatic carbocycles. The van der Waals surface area contributed by atoms with Crippen LogP contribution in [0.5, 0.6) is 0 Å². The van der Waals surface area contributed by atoms with E-state index in [4.69, 9.17) is 0 Å². The van der Waals surface area contributed by atoms with E-state index in [0.717, 1.165) is 38.8 Å². The molecule has 0 unspecified atom stereocenters. The lowest BCUT2D eigenvalue weighted by Gasteiger charge is -2.23. The third-order valence-corrected chi connectivity index (χ3v) is 8.06. The normalized spacial score (nSPS) is 16.9. The second-order valence-corrected chi connectivity index (χ2v) is 10.3. The van der Waals surface area contributed by atoms with E-state index in [9.17, 15) is 13.6 Å². The van der Waals surface area contributed by atoms with Gasteiger partial charge in [-0.2, -0.15) is 0 Å². The standard InChI is InChI=1S/C23H22F2N4OS2/c1-12(19-10-31-13(2)28-19)29-11-27-22-21(23(29)30)15-7-6-14(8-20(15)32-22)26-9-16-17(24)4-3-5-18(16)25/h3-5,10-12,14,26H,6-9H2,1-2H3/t12-,14+/m1/s1. The molecule has 1 aliphatic carbocycles. The summed E-state index contributed by atoms with van der Waals surface area (Å²) in [7, 11) is 0. The molecule has 1 N–H and O–H groups in total. The van der Waals surface area contributed by atoms with Crippen molar-refractivity contribution in [3.63, 3.8) is 0 Å². The number of benzene rings is 1. The molecule has 32 heavy (non-hydrogen) atoms. The maximum Gasteiger partial charge on any atom is 0.262 e. The average molecular weight is 473 g/mol. The lowest BCUT2D eigenvalue weighted by atomic mass is 9.93. The third kappa shape index (κ3) is 3.78. The average Bonchev–Trinajstić information content (AvgIpc) is 3.36. The fourth-order valence-electron chi connectivity index (χ4n) is 4.29. The molecule has 1 aliphatic rings. The molecule has 0 bridgehead atoms. The van der Waals surface area contributed by atoms with Gasteiger partial charge in [0.15, 0.2) is 0 Å². The third-order valence-electron chi connectivity index (χ3n) is 6.11. The number of rotatable bonds is 5. The Morgan fingerprint density at radius 2 is 2.09 bits per heavy atom. The highest BCUT2D eigenvalue weighted by Gasteiger charge is 2.26. The Labute approximate surface area is 191 Å². The van der Waals surface area contributed by atoms with Crippen molar-refractivity contribution in [3.05, 3.63) is 78.6 Å². The second-order valence-electron chi connectivity index (χ2n) is 8.13. The number of aromatic nitrogens is 3. The number of nitrogens with zero attached hydrogens (tertiary/aromatic N) is 3. The molecule has 0 fully saturated rings. The van der Waals surface area contributed by atoms with Crippen LogP contribution in [-0.2, 0) is 19.4 Å². The number of hydrogen-bond acceptors (Lipinski definition) is 6. The first-order valence-electron chi connectivity index (χ1n) is 10.5. The summed E-state index contributed by atoms with van der Waals surface area (Å²) in [6.45, 7) is 4.05. The van der Waals surface area contributed by atoms with Crippen molar-refractivity contribution in [2.75, 3.05) is 0 Å². The van der Waals surface area contributed by atoms with Crippen molar-refractivity contribution in [3.8, 4) is 0 Å². The zero-order valence-electron chi connectivity index (χ0n) is 17.7. The quantitative estimate of drug-likeness (QED) is 0.455. The van der Waals surface area contributed by atoms with E-state index < -0.39 is 11.6 Å². The topological polar surface area (TPSA) is 59.8 Å². The first-order valence-corrected chi connectivity index (χ1v) is 12.2. The van der Waals surface area contributed by atoms with Gasteiger partial charge in [-0.05, 0) is 50.8 Å². The van der Waals surface area contributed by atoms with Crippen molar-refractivity contribution in [2.24, 2.45) is 0 Å². The van der Waals surface area contributed by atoms with Crippen LogP contribution < -0.4 is 10.9 Å². The summed E-state index contributed by atoms with van der Waals surface area (Å²) in [5, 5.41) is 6.94. The van der Waals surface area contributed by atoms with E-state index >= 15 is 0 Å². The number of fused-ring (bicyclic) bond motifs is 3. The van der Waals surface area contributed by atoms with Gasteiger partial charge < -0.3 is 5.32 Å². The van der Waals surface area contributed by atoms with Gasteiger partial charge in [-0.3, -0.25) is 9.36 Å². The monoisotopic (exact) mass is 472 g/mol. The fourth-order valence-corrected chi connectivity index (χ4v) is 6.25. The Kier molecular flexibility index (Phi) is 5.65. The zero-order chi connectivity index (χ0) is 22.4. The lowest BCUT2D eigenvalue weighted by molar-refractivity contribution is 0.445. The highest BCUT2D eigenvalue weighted by Crippen LogP contribution is 2.34. The highest BCUT2D eigenvalue weighted by atomic mass is 32.1. The van der Waals surface area contributed by atoms with Gasteiger partial charge in [-0.1, -0.05) is 6.07 Å². The molecule has 9 heteroatoms. The minimum absolute atomic E-state index is 0.0366. The molecule has 0 radical (unpaired) electrons. The number of nitrogens with one attached hydrogen (secondary N) is 1. The lowest BCUT2D eigenvalue weighted by Crippen LogP contribution is -2.34. The van der Waals surface area contributed by atoms with E-state index in [1.165, 1.54) is 29.5 Å². The first kappa shape index (κ1) is 21.4. The van der Waals surface area contributed by atoms with Gasteiger partial charge in [0.1, 0.15) is 16.5 Å². The predicted octanol–water partition coefficient (Wildman–Crippen LogP) is 4.76. The van der Waals surface area contributed by atoms with Gasteiger partial charge >= 0.3 is 0 Å². The van der Waals surface area contributed by atoms with Crippen LogP contribution in [-0.4, -0.2) is 20.6 Å². The smallest absolute Gasteiger partial charge is 0.262 e. The summed E-state index contributed by atoms with van der Waals surface area (Å²) in [4.78, 5) is 24.3. The van der Waals surface area contributed by atoms with Crippen molar-refractivity contribution in [1.82, 2.24) is 19.9 Å². The summed E-state index contributed by atoms with van der Waals surface area (Å²) < 4.78 is 29.5. The van der Waals surface area contributed by atoms with E-state index in [1.54, 1.807) is 22.2 Å². The van der Waals surface area contributed by atoms with E-state index in [1.807, 2.05) is 19.2 Å². The van der Waals surface area contributed by atoms with Crippen molar-refractivity contribution < 1.29 is 8.78 Å². The van der Waals surface area contributed by atoms with Gasteiger partial charge in [-0.15, -0.1) is 22.7 Å². The minimum atomic E-state index is -0.537. The van der Waals surface area contributed by atoms with Crippen molar-refractivity contribution in [1.29, 1.82) is 0 Å². The van der Waals surface area contributed by atoms with E-state index in [0.29, 0.717) is 11.8 Å². The molecule has 0 saturated heterocycles. The Balaban J connectivity index is 1.40. The molecule has 5 nitrogen and oxygen atoms in total. The van der Waals surface area contributed by atoms with Gasteiger partial charge in [0, 0.05) is 28.4 Å². The summed E-state index contributed by atoms with van der Waals surface area (Å²) in [5.41, 5.74) is 1.95. The van der Waals surface area contributed by atoms with Gasteiger partial charge in [0.05, 0.1) is 28.5 Å². The van der Waals surface area contributed by atoms with Crippen LogP contribution in [0, 0.1) is 18.6 Å². The second kappa shape index (κ2) is 8.46. The molecule has 0 amide bonds. The van der Waals surface area contributed by atoms with Crippen LogP contribution in [0.4, 0.5) is 8.78 Å². The minimum Gasteiger partial charge on any atom is -0.309 e. The Morgan fingerprint density at radius 3 is 2.81 bits per heavy atom. The van der Waals surface area contributed by atoms with Crippen LogP contribution in [0.2, 0.25) is 0 Å². The van der Waals surface area contributed by atoms with E-state index in [2.05, 4.69) is 15.3 Å². The SMILES string of the molecule is Cc1nc([C@@H](C)n2cnc3sc4c(c3c2=O)CC[C@H](NCc2c(F)cccc2F)C4)cs1. The molecule has 3 aromatic heterocycles. The predicted molar refractivity (Wildman–Crippen MR) is 124 cm³/mol. The van der Waals surface area contributed by atoms with Crippen LogP contribution in [0.1, 0.15) is 46.1 Å². The van der Waals surface area contributed by atoms with Crippen LogP contribution in [0.3, 0.4) is 0 Å². The Bertz CT molecular complexity index is 1340. The maximum atomic E-state index is 13.9. The van der Waals surface area contributed by atoms with Crippen molar-refractivity contribution in [2.45, 2.75) is 51.7 Å². The van der Waals surface area contributed by atoms with Crippen molar-refractivity contribution >= 4 is 32.9 Å². The largest absolute Gasteiger partial charge is 0.309 e. The summed E-state index contributed by atoms with van der Waals surface area (Å²) in [5.74, 6) is -1.07. The molecule has 166 valence electrons. The number of aryl methyl sites for hydroxylation is 2. The fraction of sp³-hybridized carbons (Fsp3) is 0.348. The number of halogens is 2. The molecule has 5 rings (SSSR count). The summed E-state index contributed by atoms with van der Waals surface area (Å²) >= 11 is 3.11. The van der Waals surface area contributed by atoms with Gasteiger partial charge in [0.25, 0.3) is 5.56 Å². The number of hydrogen-bond donors (Lipinski definition) is 1. The molecule has 0 spiro atoms. The number of thiazole rings is 1. The highest BCUT2D eigenvalue weighted by molar-refractivity contribution is 7.18. The molecular formula is C23H22F2N4OS2. The van der Waals surface area contributed by atoms with Crippen LogP contribution in [0.25, 0.3) is 10.2 Å². The molecule has 0 saturated carbocycles. The molecule has 3 heterocycles. The molecular weight excluding hydrogens is 450 g/mol. The van der Waals surface area contributed by atoms with Crippen LogP contribution in [0.15, 0.2) is 34.7 Å². The van der Waals surface area contributed by atoms with Gasteiger partial charge in [0.2, 0.25) is 0 Å². The van der Waals surface area contributed by atoms with Crippen LogP contribution >= 0.6 is 22.7 Å². The Hall–Kier alpha value is -2.49. The summed E-state index contributed by atoms with van der Waals surface area (Å²) in [6.07, 6.45) is 3.86. The zero-order valence-corrected chi connectivity index (χ0v) is 19.3. The first-order chi connectivity index (χ1) is 15.4.